The molecular formula is C12H25NO2. The zero-order valence-corrected chi connectivity index (χ0v) is 10.6. The van der Waals surface area contributed by atoms with Crippen LogP contribution < -0.4 is 5.32 Å². The molecule has 0 aliphatic heterocycles. The first-order chi connectivity index (χ1) is 7.02. The van der Waals surface area contributed by atoms with Gasteiger partial charge in [0.2, 0.25) is 5.91 Å². The van der Waals surface area contributed by atoms with Gasteiger partial charge in [-0.2, -0.15) is 0 Å². The standard InChI is InChI=1S/C12H25NO2/c1-5-6-7-12(2,3)8-9-13-11(14)10-15-4/h5-10H2,1-4H3,(H,13,14). The minimum atomic E-state index is -0.0243. The fourth-order valence-corrected chi connectivity index (χ4v) is 1.50. The lowest BCUT2D eigenvalue weighted by Crippen LogP contribution is -2.30. The Morgan fingerprint density at radius 3 is 2.53 bits per heavy atom. The molecule has 0 fully saturated rings. The van der Waals surface area contributed by atoms with E-state index < -0.39 is 0 Å². The Morgan fingerprint density at radius 1 is 1.33 bits per heavy atom. The molecular weight excluding hydrogens is 190 g/mol. The Hall–Kier alpha value is -0.570. The molecule has 3 heteroatoms. The van der Waals surface area contributed by atoms with Crippen molar-refractivity contribution in [1.82, 2.24) is 5.32 Å². The highest BCUT2D eigenvalue weighted by Gasteiger charge is 2.16. The molecule has 0 radical (unpaired) electrons. The van der Waals surface area contributed by atoms with Crippen LogP contribution in [0.5, 0.6) is 0 Å². The topological polar surface area (TPSA) is 38.3 Å². The summed E-state index contributed by atoms with van der Waals surface area (Å²) in [6, 6.07) is 0. The Labute approximate surface area is 93.6 Å². The van der Waals surface area contributed by atoms with Gasteiger partial charge in [-0.25, -0.2) is 0 Å². The highest BCUT2D eigenvalue weighted by Crippen LogP contribution is 2.26. The summed E-state index contributed by atoms with van der Waals surface area (Å²) in [6.07, 6.45) is 4.75. The van der Waals surface area contributed by atoms with Crippen molar-refractivity contribution in [2.75, 3.05) is 20.3 Å². The Morgan fingerprint density at radius 2 is 2.00 bits per heavy atom. The fourth-order valence-electron chi connectivity index (χ4n) is 1.50. The van der Waals surface area contributed by atoms with Crippen molar-refractivity contribution in [1.29, 1.82) is 0 Å². The van der Waals surface area contributed by atoms with Crippen molar-refractivity contribution in [3.8, 4) is 0 Å². The van der Waals surface area contributed by atoms with Crippen LogP contribution >= 0.6 is 0 Å². The van der Waals surface area contributed by atoms with E-state index in [0.717, 1.165) is 13.0 Å². The van der Waals surface area contributed by atoms with E-state index in [1.54, 1.807) is 0 Å². The van der Waals surface area contributed by atoms with E-state index in [1.807, 2.05) is 0 Å². The van der Waals surface area contributed by atoms with Crippen molar-refractivity contribution in [2.24, 2.45) is 5.41 Å². The summed E-state index contributed by atoms with van der Waals surface area (Å²) in [7, 11) is 1.53. The second-order valence-corrected chi connectivity index (χ2v) is 4.80. The van der Waals surface area contributed by atoms with Gasteiger partial charge in [-0.1, -0.05) is 33.6 Å². The number of carbonyl (C=O) groups excluding carboxylic acids is 1. The molecule has 1 amide bonds. The van der Waals surface area contributed by atoms with Gasteiger partial charge in [0, 0.05) is 13.7 Å². The second kappa shape index (κ2) is 7.69. The Bertz CT molecular complexity index is 178. The summed E-state index contributed by atoms with van der Waals surface area (Å²) in [5, 5.41) is 2.85. The molecule has 90 valence electrons. The molecule has 0 unspecified atom stereocenters. The van der Waals surface area contributed by atoms with Gasteiger partial charge in [0.15, 0.2) is 0 Å². The number of ether oxygens (including phenoxy) is 1. The molecule has 0 aromatic rings. The average Bonchev–Trinajstić information content (AvgIpc) is 2.15. The van der Waals surface area contributed by atoms with E-state index in [1.165, 1.54) is 26.4 Å². The van der Waals surface area contributed by atoms with Gasteiger partial charge in [0.1, 0.15) is 6.61 Å². The van der Waals surface area contributed by atoms with Gasteiger partial charge < -0.3 is 10.1 Å². The van der Waals surface area contributed by atoms with E-state index in [9.17, 15) is 4.79 Å². The molecule has 15 heavy (non-hydrogen) atoms. The third-order valence-corrected chi connectivity index (χ3v) is 2.61. The number of hydrogen-bond acceptors (Lipinski definition) is 2. The van der Waals surface area contributed by atoms with Crippen molar-refractivity contribution in [3.63, 3.8) is 0 Å². The molecule has 0 aromatic heterocycles. The zero-order valence-electron chi connectivity index (χ0n) is 10.6. The molecule has 3 nitrogen and oxygen atoms in total. The number of carbonyl (C=O) groups is 1. The number of amides is 1. The minimum Gasteiger partial charge on any atom is -0.375 e. The second-order valence-electron chi connectivity index (χ2n) is 4.80. The average molecular weight is 215 g/mol. The van der Waals surface area contributed by atoms with E-state index in [4.69, 9.17) is 4.74 Å². The van der Waals surface area contributed by atoms with Crippen molar-refractivity contribution in [3.05, 3.63) is 0 Å². The quantitative estimate of drug-likeness (QED) is 0.675. The van der Waals surface area contributed by atoms with Crippen LogP contribution in [0, 0.1) is 5.41 Å². The third kappa shape index (κ3) is 8.43. The van der Waals surface area contributed by atoms with Crippen LogP contribution in [0.25, 0.3) is 0 Å². The maximum atomic E-state index is 11.1. The van der Waals surface area contributed by atoms with Crippen LogP contribution in [-0.2, 0) is 9.53 Å². The molecule has 1 N–H and O–H groups in total. The predicted molar refractivity (Wildman–Crippen MR) is 62.8 cm³/mol. The number of methoxy groups -OCH3 is 1. The van der Waals surface area contributed by atoms with E-state index in [0.29, 0.717) is 5.41 Å². The van der Waals surface area contributed by atoms with Crippen LogP contribution in [0.2, 0.25) is 0 Å². The highest BCUT2D eigenvalue weighted by atomic mass is 16.5. The predicted octanol–water partition coefficient (Wildman–Crippen LogP) is 2.36. The van der Waals surface area contributed by atoms with Gasteiger partial charge in [0.25, 0.3) is 0 Å². The van der Waals surface area contributed by atoms with Crippen LogP contribution in [0.3, 0.4) is 0 Å². The summed E-state index contributed by atoms with van der Waals surface area (Å²) in [4.78, 5) is 11.1. The molecule has 0 aliphatic rings. The summed E-state index contributed by atoms with van der Waals surface area (Å²) in [6.45, 7) is 7.63. The molecule has 0 rings (SSSR count). The van der Waals surface area contributed by atoms with Crippen LogP contribution in [0.15, 0.2) is 0 Å². The third-order valence-electron chi connectivity index (χ3n) is 2.61. The van der Waals surface area contributed by atoms with E-state index in [2.05, 4.69) is 26.1 Å². The van der Waals surface area contributed by atoms with Gasteiger partial charge in [-0.3, -0.25) is 4.79 Å². The van der Waals surface area contributed by atoms with Gasteiger partial charge in [-0.15, -0.1) is 0 Å². The first-order valence-corrected chi connectivity index (χ1v) is 5.77. The largest absolute Gasteiger partial charge is 0.375 e. The lowest BCUT2D eigenvalue weighted by atomic mass is 9.84. The molecule has 0 heterocycles. The lowest BCUT2D eigenvalue weighted by Gasteiger charge is -2.24. The number of rotatable bonds is 8. The van der Waals surface area contributed by atoms with Crippen molar-refractivity contribution < 1.29 is 9.53 Å². The monoisotopic (exact) mass is 215 g/mol. The molecule has 0 bridgehead atoms. The molecule has 0 aliphatic carbocycles. The Kier molecular flexibility index (Phi) is 7.39. The minimum absolute atomic E-state index is 0.0243. The molecule has 0 atom stereocenters. The maximum Gasteiger partial charge on any atom is 0.245 e. The summed E-state index contributed by atoms with van der Waals surface area (Å²) in [5.74, 6) is -0.0243. The first-order valence-electron chi connectivity index (χ1n) is 5.77. The van der Waals surface area contributed by atoms with Crippen molar-refractivity contribution in [2.45, 2.75) is 46.5 Å². The normalized spacial score (nSPS) is 11.5. The van der Waals surface area contributed by atoms with Gasteiger partial charge in [-0.05, 0) is 18.3 Å². The Balaban J connectivity index is 3.60. The summed E-state index contributed by atoms with van der Waals surface area (Å²) in [5.41, 5.74) is 0.330. The van der Waals surface area contributed by atoms with Crippen LogP contribution in [-0.4, -0.2) is 26.2 Å². The SMILES string of the molecule is CCCCC(C)(C)CCNC(=O)COC. The smallest absolute Gasteiger partial charge is 0.245 e. The number of unbranched alkanes of at least 4 members (excludes halogenated alkanes) is 1. The van der Waals surface area contributed by atoms with Crippen LogP contribution in [0.1, 0.15) is 46.5 Å². The fraction of sp³-hybridized carbons (Fsp3) is 0.917. The molecule has 0 saturated carbocycles. The molecule has 0 aromatic carbocycles. The number of hydrogen-bond donors (Lipinski definition) is 1. The highest BCUT2D eigenvalue weighted by molar-refractivity contribution is 5.77. The van der Waals surface area contributed by atoms with Crippen molar-refractivity contribution >= 4 is 5.91 Å². The zero-order chi connectivity index (χ0) is 11.7. The number of nitrogens with one attached hydrogen (secondary N) is 1. The maximum absolute atomic E-state index is 11.1. The van der Waals surface area contributed by atoms with E-state index in [-0.39, 0.29) is 12.5 Å². The first kappa shape index (κ1) is 14.4. The summed E-state index contributed by atoms with van der Waals surface area (Å²) >= 11 is 0. The van der Waals surface area contributed by atoms with E-state index >= 15 is 0 Å². The van der Waals surface area contributed by atoms with Gasteiger partial charge >= 0.3 is 0 Å². The lowest BCUT2D eigenvalue weighted by molar-refractivity contribution is -0.124. The molecule has 0 saturated heterocycles. The molecule has 0 spiro atoms. The van der Waals surface area contributed by atoms with Gasteiger partial charge in [0.05, 0.1) is 0 Å². The van der Waals surface area contributed by atoms with Crippen LogP contribution in [0.4, 0.5) is 0 Å². The summed E-state index contributed by atoms with van der Waals surface area (Å²) < 4.78 is 4.74.